The molecule has 4 heteroatoms. The van der Waals surface area contributed by atoms with Crippen LogP contribution >= 0.6 is 11.8 Å². The second-order valence-electron chi connectivity index (χ2n) is 6.28. The maximum atomic E-state index is 13.3. The highest BCUT2D eigenvalue weighted by atomic mass is 32.2. The molecule has 0 saturated carbocycles. The number of hydrogen-bond acceptors (Lipinski definition) is 4. The summed E-state index contributed by atoms with van der Waals surface area (Å²) in [6.07, 6.45) is 0. The highest BCUT2D eigenvalue weighted by molar-refractivity contribution is 8.01. The average molecular weight is 360 g/mol. The molecule has 1 aliphatic rings. The number of carbonyl (C=O) groups is 1. The van der Waals surface area contributed by atoms with Gasteiger partial charge in [0.2, 0.25) is 0 Å². The Bertz CT molecular complexity index is 870. The first-order valence-corrected chi connectivity index (χ1v) is 9.58. The van der Waals surface area contributed by atoms with Gasteiger partial charge in [0, 0.05) is 11.3 Å². The third-order valence-corrected chi connectivity index (χ3v) is 5.93. The normalized spacial score (nSPS) is 22.3. The zero-order valence-electron chi connectivity index (χ0n) is 14.2. The molecule has 3 nitrogen and oxygen atoms in total. The van der Waals surface area contributed by atoms with E-state index in [0.29, 0.717) is 0 Å². The first-order valence-electron chi connectivity index (χ1n) is 8.64. The Hall–Kier alpha value is -2.56. The summed E-state index contributed by atoms with van der Waals surface area (Å²) in [6, 6.07) is 29.6. The van der Waals surface area contributed by atoms with E-state index in [9.17, 15) is 4.79 Å². The summed E-state index contributed by atoms with van der Waals surface area (Å²) in [6.45, 7) is 0. The number of para-hydroxylation sites is 1. The smallest absolute Gasteiger partial charge is 0.178 e. The monoisotopic (exact) mass is 360 g/mol. The van der Waals surface area contributed by atoms with Gasteiger partial charge in [0.15, 0.2) is 5.78 Å². The highest BCUT2D eigenvalue weighted by Gasteiger charge is 2.45. The predicted molar refractivity (Wildman–Crippen MR) is 108 cm³/mol. The Kier molecular flexibility index (Phi) is 4.78. The largest absolute Gasteiger partial charge is 0.339 e. The number of hydrogen-bond donors (Lipinski definition) is 1. The molecule has 0 aromatic heterocycles. The van der Waals surface area contributed by atoms with Crippen molar-refractivity contribution in [3.8, 4) is 0 Å². The Labute approximate surface area is 157 Å². The van der Waals surface area contributed by atoms with Crippen molar-refractivity contribution in [2.45, 2.75) is 16.8 Å². The molecule has 0 amide bonds. The summed E-state index contributed by atoms with van der Waals surface area (Å²) in [7, 11) is 0. The molecule has 1 fully saturated rings. The minimum absolute atomic E-state index is 0.105. The maximum absolute atomic E-state index is 13.3. The fourth-order valence-electron chi connectivity index (χ4n) is 3.46. The van der Waals surface area contributed by atoms with E-state index in [1.165, 1.54) is 11.8 Å². The number of thioether (sulfide) groups is 1. The molecule has 4 rings (SSSR count). The van der Waals surface area contributed by atoms with Crippen molar-refractivity contribution in [3.05, 3.63) is 102 Å². The van der Waals surface area contributed by atoms with Gasteiger partial charge in [-0.3, -0.25) is 4.79 Å². The van der Waals surface area contributed by atoms with Crippen LogP contribution in [0.4, 0.5) is 5.69 Å². The Morgan fingerprint density at radius 1 is 0.808 bits per heavy atom. The van der Waals surface area contributed by atoms with Gasteiger partial charge in [0.1, 0.15) is 5.50 Å². The fourth-order valence-corrected chi connectivity index (χ4v) is 4.84. The molecule has 2 N–H and O–H groups in total. The van der Waals surface area contributed by atoms with Gasteiger partial charge in [-0.05, 0) is 17.7 Å². The van der Waals surface area contributed by atoms with E-state index in [2.05, 4.69) is 17.0 Å². The number of nitrogens with zero attached hydrogens (tertiary/aromatic N) is 1. The van der Waals surface area contributed by atoms with Crippen LogP contribution in [0, 0.1) is 0 Å². The minimum Gasteiger partial charge on any atom is -0.339 e. The van der Waals surface area contributed by atoms with Gasteiger partial charge in [0.05, 0.1) is 11.3 Å². The Balaban J connectivity index is 1.78. The molecule has 26 heavy (non-hydrogen) atoms. The van der Waals surface area contributed by atoms with Gasteiger partial charge in [-0.1, -0.05) is 78.9 Å². The molecule has 0 radical (unpaired) electrons. The summed E-state index contributed by atoms with van der Waals surface area (Å²) in [4.78, 5) is 15.4. The molecule has 130 valence electrons. The van der Waals surface area contributed by atoms with Crippen LogP contribution in [0.15, 0.2) is 91.0 Å². The van der Waals surface area contributed by atoms with Crippen molar-refractivity contribution in [1.82, 2.24) is 0 Å². The van der Waals surface area contributed by atoms with Gasteiger partial charge in [0.25, 0.3) is 0 Å². The fraction of sp³-hybridized carbons (Fsp3) is 0.136. The lowest BCUT2D eigenvalue weighted by atomic mass is 9.96. The van der Waals surface area contributed by atoms with E-state index < -0.39 is 0 Å². The summed E-state index contributed by atoms with van der Waals surface area (Å²) in [5.74, 6) is 0.123. The van der Waals surface area contributed by atoms with Gasteiger partial charge in [-0.2, -0.15) is 0 Å². The molecule has 0 bridgehead atoms. The average Bonchev–Trinajstić information content (AvgIpc) is 3.06. The molecule has 3 aromatic rings. The van der Waals surface area contributed by atoms with Crippen LogP contribution in [0.25, 0.3) is 0 Å². The van der Waals surface area contributed by atoms with Crippen LogP contribution in [0.1, 0.15) is 22.0 Å². The zero-order chi connectivity index (χ0) is 17.9. The molecule has 1 unspecified atom stereocenters. The van der Waals surface area contributed by atoms with Crippen LogP contribution in [-0.4, -0.2) is 16.5 Å². The number of carbonyl (C=O) groups excluding carboxylic acids is 1. The molecule has 0 aliphatic carbocycles. The number of rotatable bonds is 4. The van der Waals surface area contributed by atoms with E-state index in [-0.39, 0.29) is 22.6 Å². The molecule has 0 spiro atoms. The van der Waals surface area contributed by atoms with Gasteiger partial charge < -0.3 is 10.6 Å². The molecule has 1 saturated heterocycles. The summed E-state index contributed by atoms with van der Waals surface area (Å²) in [5, 5.41) is -0.255. The molecular formula is C22H20N2OS. The quantitative estimate of drug-likeness (QED) is 0.697. The molecular weight excluding hydrogens is 340 g/mol. The first-order chi connectivity index (χ1) is 12.8. The van der Waals surface area contributed by atoms with E-state index in [0.717, 1.165) is 16.8 Å². The van der Waals surface area contributed by atoms with Crippen molar-refractivity contribution in [3.63, 3.8) is 0 Å². The minimum atomic E-state index is -0.278. The van der Waals surface area contributed by atoms with Crippen LogP contribution in [0.2, 0.25) is 0 Å². The lowest BCUT2D eigenvalue weighted by Crippen LogP contribution is -2.38. The van der Waals surface area contributed by atoms with Crippen molar-refractivity contribution in [2.75, 3.05) is 4.90 Å². The van der Waals surface area contributed by atoms with Gasteiger partial charge in [-0.15, -0.1) is 11.8 Å². The number of benzene rings is 3. The Morgan fingerprint density at radius 2 is 1.35 bits per heavy atom. The second-order valence-corrected chi connectivity index (χ2v) is 7.54. The lowest BCUT2D eigenvalue weighted by molar-refractivity contribution is 0.0983. The molecule has 1 aliphatic heterocycles. The van der Waals surface area contributed by atoms with Crippen LogP contribution in [0.3, 0.4) is 0 Å². The maximum Gasteiger partial charge on any atom is 0.178 e. The van der Waals surface area contributed by atoms with Crippen LogP contribution in [0.5, 0.6) is 0 Å². The van der Waals surface area contributed by atoms with Crippen molar-refractivity contribution >= 4 is 23.2 Å². The second kappa shape index (κ2) is 7.36. The molecule has 3 atom stereocenters. The van der Waals surface area contributed by atoms with E-state index in [1.54, 1.807) is 0 Å². The summed E-state index contributed by atoms with van der Waals surface area (Å²) >= 11 is 1.53. The lowest BCUT2D eigenvalue weighted by Gasteiger charge is -2.31. The standard InChI is InChI=1S/C22H20N2OS/c23-22-24(18-14-8-3-9-15-18)19(16-10-4-1-5-11-16)21(26-22)20(25)17-12-6-2-7-13-17/h1-15,19,21-22H,23H2/t19-,21+,22?/m0/s1. The van der Waals surface area contributed by atoms with E-state index in [1.807, 2.05) is 78.9 Å². The third kappa shape index (κ3) is 3.14. The predicted octanol–water partition coefficient (Wildman–Crippen LogP) is 4.47. The van der Waals surface area contributed by atoms with Crippen molar-refractivity contribution in [2.24, 2.45) is 5.73 Å². The van der Waals surface area contributed by atoms with Crippen molar-refractivity contribution in [1.29, 1.82) is 0 Å². The third-order valence-electron chi connectivity index (χ3n) is 4.66. The topological polar surface area (TPSA) is 46.3 Å². The number of nitrogens with two attached hydrogens (primary N) is 1. The van der Waals surface area contributed by atoms with E-state index >= 15 is 0 Å². The van der Waals surface area contributed by atoms with Crippen LogP contribution < -0.4 is 10.6 Å². The van der Waals surface area contributed by atoms with Crippen LogP contribution in [-0.2, 0) is 0 Å². The Morgan fingerprint density at radius 3 is 1.96 bits per heavy atom. The van der Waals surface area contributed by atoms with Crippen molar-refractivity contribution < 1.29 is 4.79 Å². The van der Waals surface area contributed by atoms with E-state index in [4.69, 9.17) is 5.73 Å². The summed E-state index contributed by atoms with van der Waals surface area (Å²) < 4.78 is 0. The SMILES string of the molecule is NC1S[C@@H](C(=O)c2ccccc2)[C@H](c2ccccc2)N1c1ccccc1. The number of ketones is 1. The van der Waals surface area contributed by atoms with Gasteiger partial charge in [-0.25, -0.2) is 0 Å². The summed E-state index contributed by atoms with van der Waals surface area (Å²) in [5.41, 5.74) is 9.07. The van der Waals surface area contributed by atoms with Gasteiger partial charge >= 0.3 is 0 Å². The highest BCUT2D eigenvalue weighted by Crippen LogP contribution is 2.46. The number of anilines is 1. The first kappa shape index (κ1) is 16.9. The zero-order valence-corrected chi connectivity index (χ0v) is 15.0. The molecule has 1 heterocycles. The molecule has 3 aromatic carbocycles. The number of Topliss-reactive ketones (excluding diaryl/α,β-unsaturated/α-hetero) is 1.